The summed E-state index contributed by atoms with van der Waals surface area (Å²) in [5, 5.41) is 0. The molecule has 4 nitrogen and oxygen atoms in total. The van der Waals surface area contributed by atoms with Crippen LogP contribution in [-0.2, 0) is 11.2 Å². The van der Waals surface area contributed by atoms with E-state index in [0.717, 1.165) is 17.4 Å². The lowest BCUT2D eigenvalue weighted by molar-refractivity contribution is 0.0356. The zero-order valence-corrected chi connectivity index (χ0v) is 18.5. The Labute approximate surface area is 188 Å². The molecule has 0 fully saturated rings. The summed E-state index contributed by atoms with van der Waals surface area (Å²) in [5.74, 6) is 1.18. The van der Waals surface area contributed by atoms with Crippen LogP contribution >= 0.6 is 0 Å². The minimum atomic E-state index is -0.351. The number of rotatable bonds is 12. The van der Waals surface area contributed by atoms with Crippen LogP contribution in [-0.4, -0.2) is 26.1 Å². The van der Waals surface area contributed by atoms with Crippen molar-refractivity contribution < 1.29 is 23.4 Å². The second-order valence-corrected chi connectivity index (χ2v) is 8.00. The van der Waals surface area contributed by atoms with Crippen LogP contribution in [0.25, 0.3) is 0 Å². The van der Waals surface area contributed by atoms with Crippen LogP contribution in [0, 0.1) is 11.7 Å². The molecule has 3 rings (SSSR count). The minimum Gasteiger partial charge on any atom is -0.489 e. The largest absolute Gasteiger partial charge is 0.489 e. The number of carbonyl (C=O) groups excluding carboxylic acids is 1. The fourth-order valence-corrected chi connectivity index (χ4v) is 3.17. The van der Waals surface area contributed by atoms with Gasteiger partial charge in [0.25, 0.3) is 0 Å². The Kier molecular flexibility index (Phi) is 8.81. The van der Waals surface area contributed by atoms with Crippen LogP contribution in [0.15, 0.2) is 72.8 Å². The van der Waals surface area contributed by atoms with E-state index < -0.39 is 0 Å². The normalized spacial score (nSPS) is 11.9. The predicted octanol–water partition coefficient (Wildman–Crippen LogP) is 6.05. The maximum absolute atomic E-state index is 13.1. The van der Waals surface area contributed by atoms with E-state index in [-0.39, 0.29) is 11.9 Å². The second kappa shape index (κ2) is 12.0. The summed E-state index contributed by atoms with van der Waals surface area (Å²) >= 11 is 0. The van der Waals surface area contributed by atoms with E-state index in [1.54, 1.807) is 30.3 Å². The van der Waals surface area contributed by atoms with Crippen LogP contribution in [0.1, 0.15) is 41.4 Å². The van der Waals surface area contributed by atoms with Gasteiger partial charge in [-0.05, 0) is 47.4 Å². The Hall–Kier alpha value is -3.18. The standard InChI is InChI=1S/C27H29FO4/c1-20(2)18-30-19-27(23-6-4-3-5-7-23)32-26-16-22(17-29)10-13-25(26)31-15-14-21-8-11-24(28)12-9-21/h3-13,16-17,20,27H,14-15,18-19H2,1-2H3. The highest BCUT2D eigenvalue weighted by molar-refractivity contribution is 5.76. The van der Waals surface area contributed by atoms with Gasteiger partial charge in [0.05, 0.1) is 13.2 Å². The van der Waals surface area contributed by atoms with E-state index in [9.17, 15) is 9.18 Å². The molecular weight excluding hydrogens is 407 g/mol. The molecule has 3 aromatic carbocycles. The zero-order valence-electron chi connectivity index (χ0n) is 18.5. The van der Waals surface area contributed by atoms with E-state index in [1.807, 2.05) is 30.3 Å². The Balaban J connectivity index is 1.75. The molecule has 0 aromatic heterocycles. The number of benzene rings is 3. The van der Waals surface area contributed by atoms with Crippen molar-refractivity contribution in [2.75, 3.05) is 19.8 Å². The van der Waals surface area contributed by atoms with E-state index in [1.165, 1.54) is 12.1 Å². The van der Waals surface area contributed by atoms with Crippen molar-refractivity contribution in [2.24, 2.45) is 5.92 Å². The molecule has 1 atom stereocenters. The molecule has 5 heteroatoms. The van der Waals surface area contributed by atoms with Gasteiger partial charge in [0, 0.05) is 18.6 Å². The Morgan fingerprint density at radius 1 is 0.906 bits per heavy atom. The lowest BCUT2D eigenvalue weighted by Gasteiger charge is -2.22. The average molecular weight is 437 g/mol. The van der Waals surface area contributed by atoms with Gasteiger partial charge in [-0.3, -0.25) is 4.79 Å². The highest BCUT2D eigenvalue weighted by Crippen LogP contribution is 2.32. The third-order valence-electron chi connectivity index (χ3n) is 4.83. The van der Waals surface area contributed by atoms with Crippen LogP contribution < -0.4 is 9.47 Å². The van der Waals surface area contributed by atoms with Gasteiger partial charge in [-0.15, -0.1) is 0 Å². The molecule has 32 heavy (non-hydrogen) atoms. The number of carbonyl (C=O) groups is 1. The molecule has 0 saturated heterocycles. The number of aldehydes is 1. The molecular formula is C27H29FO4. The number of hydrogen-bond acceptors (Lipinski definition) is 4. The second-order valence-electron chi connectivity index (χ2n) is 8.00. The Morgan fingerprint density at radius 2 is 1.66 bits per heavy atom. The molecule has 0 aliphatic rings. The van der Waals surface area contributed by atoms with Crippen molar-refractivity contribution in [2.45, 2.75) is 26.4 Å². The monoisotopic (exact) mass is 436 g/mol. The molecule has 0 aliphatic carbocycles. The lowest BCUT2D eigenvalue weighted by atomic mass is 10.1. The van der Waals surface area contributed by atoms with E-state index in [4.69, 9.17) is 14.2 Å². The molecule has 0 amide bonds. The van der Waals surface area contributed by atoms with Crippen LogP contribution in [0.4, 0.5) is 4.39 Å². The van der Waals surface area contributed by atoms with E-state index in [0.29, 0.717) is 49.2 Å². The van der Waals surface area contributed by atoms with Crippen molar-refractivity contribution in [1.29, 1.82) is 0 Å². The summed E-state index contributed by atoms with van der Waals surface area (Å²) in [6.45, 7) is 5.59. The first-order chi connectivity index (χ1) is 15.5. The molecule has 0 radical (unpaired) electrons. The minimum absolute atomic E-state index is 0.263. The molecule has 0 saturated carbocycles. The van der Waals surface area contributed by atoms with Gasteiger partial charge in [0.2, 0.25) is 0 Å². The van der Waals surface area contributed by atoms with Crippen LogP contribution in [0.5, 0.6) is 11.5 Å². The first kappa shape index (κ1) is 23.5. The summed E-state index contributed by atoms with van der Waals surface area (Å²) < 4.78 is 31.3. The number of hydrogen-bond donors (Lipinski definition) is 0. The maximum atomic E-state index is 13.1. The van der Waals surface area contributed by atoms with Crippen molar-refractivity contribution >= 4 is 6.29 Å². The predicted molar refractivity (Wildman–Crippen MR) is 123 cm³/mol. The third-order valence-corrected chi connectivity index (χ3v) is 4.83. The summed E-state index contributed by atoms with van der Waals surface area (Å²) in [4.78, 5) is 11.3. The molecule has 168 valence electrons. The molecule has 0 heterocycles. The highest BCUT2D eigenvalue weighted by Gasteiger charge is 2.17. The van der Waals surface area contributed by atoms with Crippen molar-refractivity contribution in [3.63, 3.8) is 0 Å². The molecule has 0 aliphatic heterocycles. The SMILES string of the molecule is CC(C)COCC(Oc1cc(C=O)ccc1OCCc1ccc(F)cc1)c1ccccc1. The van der Waals surface area contributed by atoms with Gasteiger partial charge in [-0.1, -0.05) is 56.3 Å². The summed E-state index contributed by atoms with van der Waals surface area (Å²) in [7, 11) is 0. The Morgan fingerprint density at radius 3 is 2.34 bits per heavy atom. The van der Waals surface area contributed by atoms with Gasteiger partial charge >= 0.3 is 0 Å². The molecule has 0 bridgehead atoms. The van der Waals surface area contributed by atoms with E-state index in [2.05, 4.69) is 13.8 Å². The number of ether oxygens (including phenoxy) is 3. The number of halogens is 1. The smallest absolute Gasteiger partial charge is 0.162 e. The van der Waals surface area contributed by atoms with E-state index >= 15 is 0 Å². The highest BCUT2D eigenvalue weighted by atomic mass is 19.1. The molecule has 3 aromatic rings. The third kappa shape index (κ3) is 7.20. The molecule has 1 unspecified atom stereocenters. The maximum Gasteiger partial charge on any atom is 0.162 e. The fourth-order valence-electron chi connectivity index (χ4n) is 3.17. The molecule has 0 N–H and O–H groups in total. The van der Waals surface area contributed by atoms with Crippen molar-refractivity contribution in [3.8, 4) is 11.5 Å². The van der Waals surface area contributed by atoms with Gasteiger partial charge < -0.3 is 14.2 Å². The van der Waals surface area contributed by atoms with Crippen LogP contribution in [0.3, 0.4) is 0 Å². The molecule has 0 spiro atoms. The summed E-state index contributed by atoms with van der Waals surface area (Å²) in [5.41, 5.74) is 2.45. The zero-order chi connectivity index (χ0) is 22.8. The summed E-state index contributed by atoms with van der Waals surface area (Å²) in [6.07, 6.45) is 1.05. The van der Waals surface area contributed by atoms with Gasteiger partial charge in [-0.2, -0.15) is 0 Å². The Bertz CT molecular complexity index is 971. The first-order valence-corrected chi connectivity index (χ1v) is 10.8. The van der Waals surface area contributed by atoms with Crippen molar-refractivity contribution in [3.05, 3.63) is 95.3 Å². The van der Waals surface area contributed by atoms with Crippen molar-refractivity contribution in [1.82, 2.24) is 0 Å². The quantitative estimate of drug-likeness (QED) is 0.324. The lowest BCUT2D eigenvalue weighted by Crippen LogP contribution is -2.17. The topological polar surface area (TPSA) is 44.8 Å². The summed E-state index contributed by atoms with van der Waals surface area (Å²) in [6, 6.07) is 21.3. The first-order valence-electron chi connectivity index (χ1n) is 10.8. The fraction of sp³-hybridized carbons (Fsp3) is 0.296. The van der Waals surface area contributed by atoms with Gasteiger partial charge in [0.1, 0.15) is 18.2 Å². The van der Waals surface area contributed by atoms with Gasteiger partial charge in [0.15, 0.2) is 11.5 Å². The average Bonchev–Trinajstić information content (AvgIpc) is 2.81. The van der Waals surface area contributed by atoms with Gasteiger partial charge in [-0.25, -0.2) is 4.39 Å². The van der Waals surface area contributed by atoms with Crippen LogP contribution in [0.2, 0.25) is 0 Å².